The molecule has 0 unspecified atom stereocenters. The molecule has 0 aliphatic carbocycles. The normalized spacial score (nSPS) is 12.0. The zero-order chi connectivity index (χ0) is 11.9. The lowest BCUT2D eigenvalue weighted by molar-refractivity contribution is 0.591. The van der Waals surface area contributed by atoms with Gasteiger partial charge in [-0.25, -0.2) is 4.68 Å². The van der Waals surface area contributed by atoms with Gasteiger partial charge in [-0.15, -0.1) is 0 Å². The fourth-order valence-corrected chi connectivity index (χ4v) is 1.71. The molecule has 0 spiro atoms. The van der Waals surface area contributed by atoms with Gasteiger partial charge >= 0.3 is 0 Å². The van der Waals surface area contributed by atoms with E-state index in [0.29, 0.717) is 0 Å². The van der Waals surface area contributed by atoms with Gasteiger partial charge in [0.15, 0.2) is 0 Å². The third-order valence-corrected chi connectivity index (χ3v) is 2.81. The summed E-state index contributed by atoms with van der Waals surface area (Å²) in [5, 5.41) is 5.67. The minimum absolute atomic E-state index is 0.0436. The van der Waals surface area contributed by atoms with Gasteiger partial charge < -0.3 is 0 Å². The van der Waals surface area contributed by atoms with Crippen LogP contribution < -0.4 is 5.56 Å². The van der Waals surface area contributed by atoms with Gasteiger partial charge in [0, 0.05) is 12.4 Å². The van der Waals surface area contributed by atoms with Crippen molar-refractivity contribution in [3.8, 4) is 0 Å². The maximum absolute atomic E-state index is 11.8. The van der Waals surface area contributed by atoms with Gasteiger partial charge in [0.25, 0.3) is 5.56 Å². The average Bonchev–Trinajstić information content (AvgIpc) is 2.22. The molecule has 0 bridgehead atoms. The molecule has 0 N–H and O–H groups in total. The molecular weight excluding hydrogens is 200 g/mol. The highest BCUT2D eigenvalue weighted by Gasteiger charge is 2.14. The largest absolute Gasteiger partial charge is 0.274 e. The highest BCUT2D eigenvalue weighted by atomic mass is 16.1. The van der Waals surface area contributed by atoms with Crippen LogP contribution in [0.15, 0.2) is 29.2 Å². The molecule has 1 heterocycles. The molecule has 0 saturated heterocycles. The first-order chi connectivity index (χ1) is 7.39. The van der Waals surface area contributed by atoms with E-state index in [2.05, 4.69) is 25.9 Å². The topological polar surface area (TPSA) is 34.9 Å². The molecule has 16 heavy (non-hydrogen) atoms. The van der Waals surface area contributed by atoms with Gasteiger partial charge in [-0.3, -0.25) is 4.79 Å². The molecular formula is C13H16N2O. The summed E-state index contributed by atoms with van der Waals surface area (Å²) in [6.07, 6.45) is 1.74. The molecule has 0 aliphatic heterocycles. The zero-order valence-electron chi connectivity index (χ0n) is 10.1. The van der Waals surface area contributed by atoms with Gasteiger partial charge in [0.2, 0.25) is 0 Å². The van der Waals surface area contributed by atoms with E-state index in [-0.39, 0.29) is 11.0 Å². The Morgan fingerprint density at radius 3 is 2.56 bits per heavy atom. The number of aryl methyl sites for hydroxylation is 1. The number of rotatable bonds is 0. The Morgan fingerprint density at radius 1 is 1.25 bits per heavy atom. The van der Waals surface area contributed by atoms with Crippen LogP contribution in [0.2, 0.25) is 0 Å². The molecule has 0 atom stereocenters. The summed E-state index contributed by atoms with van der Waals surface area (Å²) in [5.41, 5.74) is 1.27. The highest BCUT2D eigenvalue weighted by molar-refractivity contribution is 5.81. The van der Waals surface area contributed by atoms with Crippen LogP contribution in [-0.4, -0.2) is 9.78 Å². The molecule has 2 rings (SSSR count). The van der Waals surface area contributed by atoms with Crippen molar-refractivity contribution in [2.45, 2.75) is 26.2 Å². The van der Waals surface area contributed by atoms with Gasteiger partial charge in [0.05, 0.1) is 11.6 Å². The van der Waals surface area contributed by atoms with Crippen LogP contribution in [0.25, 0.3) is 10.8 Å². The highest BCUT2D eigenvalue weighted by Crippen LogP contribution is 2.24. The average molecular weight is 216 g/mol. The van der Waals surface area contributed by atoms with Crippen LogP contribution in [0.1, 0.15) is 26.3 Å². The lowest BCUT2D eigenvalue weighted by atomic mass is 9.86. The smallest absolute Gasteiger partial charge is 0.267 e. The van der Waals surface area contributed by atoms with Crippen molar-refractivity contribution in [1.82, 2.24) is 9.78 Å². The van der Waals surface area contributed by atoms with Crippen LogP contribution in [0.3, 0.4) is 0 Å². The number of nitrogens with zero attached hydrogens (tertiary/aromatic N) is 2. The molecule has 3 nitrogen and oxygen atoms in total. The zero-order valence-corrected chi connectivity index (χ0v) is 10.1. The first kappa shape index (κ1) is 10.9. The van der Waals surface area contributed by atoms with E-state index in [9.17, 15) is 4.79 Å². The Hall–Kier alpha value is -1.64. The second-order valence-electron chi connectivity index (χ2n) is 5.13. The van der Waals surface area contributed by atoms with Crippen LogP contribution in [-0.2, 0) is 12.5 Å². The van der Waals surface area contributed by atoms with Crippen molar-refractivity contribution in [3.05, 3.63) is 40.3 Å². The van der Waals surface area contributed by atoms with E-state index in [1.54, 1.807) is 13.2 Å². The van der Waals surface area contributed by atoms with E-state index < -0.39 is 0 Å². The van der Waals surface area contributed by atoms with Crippen LogP contribution in [0.5, 0.6) is 0 Å². The van der Waals surface area contributed by atoms with E-state index >= 15 is 0 Å². The Morgan fingerprint density at radius 2 is 1.94 bits per heavy atom. The quantitative estimate of drug-likeness (QED) is 0.677. The summed E-state index contributed by atoms with van der Waals surface area (Å²) in [5.74, 6) is 0. The van der Waals surface area contributed by atoms with Crippen molar-refractivity contribution in [2.75, 3.05) is 0 Å². The molecule has 0 radical (unpaired) electrons. The lowest BCUT2D eigenvalue weighted by Gasteiger charge is -2.19. The maximum Gasteiger partial charge on any atom is 0.274 e. The molecule has 0 saturated carbocycles. The van der Waals surface area contributed by atoms with Crippen molar-refractivity contribution in [3.63, 3.8) is 0 Å². The molecule has 3 heteroatoms. The van der Waals surface area contributed by atoms with Crippen molar-refractivity contribution in [1.29, 1.82) is 0 Å². The number of hydrogen-bond acceptors (Lipinski definition) is 2. The number of benzene rings is 1. The van der Waals surface area contributed by atoms with Crippen molar-refractivity contribution < 1.29 is 0 Å². The fourth-order valence-electron chi connectivity index (χ4n) is 1.71. The minimum Gasteiger partial charge on any atom is -0.267 e. The van der Waals surface area contributed by atoms with E-state index in [1.165, 1.54) is 10.2 Å². The van der Waals surface area contributed by atoms with E-state index in [1.807, 2.05) is 18.2 Å². The van der Waals surface area contributed by atoms with E-state index in [4.69, 9.17) is 0 Å². The third kappa shape index (κ3) is 1.73. The Balaban J connectivity index is 2.75. The number of fused-ring (bicyclic) bond motifs is 1. The Labute approximate surface area is 94.7 Å². The first-order valence-corrected chi connectivity index (χ1v) is 5.36. The summed E-state index contributed by atoms with van der Waals surface area (Å²) in [6.45, 7) is 6.47. The van der Waals surface area contributed by atoms with Crippen molar-refractivity contribution >= 4 is 10.8 Å². The molecule has 1 aromatic heterocycles. The summed E-state index contributed by atoms with van der Waals surface area (Å²) in [7, 11) is 1.67. The summed E-state index contributed by atoms with van der Waals surface area (Å²) < 4.78 is 1.36. The Bertz CT molecular complexity index is 591. The molecule has 0 fully saturated rings. The fraction of sp³-hybridized carbons (Fsp3) is 0.385. The van der Waals surface area contributed by atoms with Crippen molar-refractivity contribution in [2.24, 2.45) is 7.05 Å². The monoisotopic (exact) mass is 216 g/mol. The Kier molecular flexibility index (Phi) is 2.34. The molecule has 0 amide bonds. The SMILES string of the molecule is Cn1ncc2cc(C(C)(C)C)ccc2c1=O. The van der Waals surface area contributed by atoms with Gasteiger partial charge in [-0.2, -0.15) is 5.10 Å². The molecule has 0 aliphatic rings. The van der Waals surface area contributed by atoms with Gasteiger partial charge in [-0.05, 0) is 23.1 Å². The summed E-state index contributed by atoms with van der Waals surface area (Å²) in [4.78, 5) is 11.8. The standard InChI is InChI=1S/C13H16N2O/c1-13(2,3)10-5-6-11-9(7-10)8-14-15(4)12(11)16/h5-8H,1-4H3. The van der Waals surface area contributed by atoms with Crippen LogP contribution in [0.4, 0.5) is 0 Å². The lowest BCUT2D eigenvalue weighted by Crippen LogP contribution is -2.19. The maximum atomic E-state index is 11.8. The molecule has 1 aromatic carbocycles. The first-order valence-electron chi connectivity index (χ1n) is 5.36. The summed E-state index contributed by atoms with van der Waals surface area (Å²) in [6, 6.07) is 5.95. The second-order valence-corrected chi connectivity index (χ2v) is 5.13. The molecule has 84 valence electrons. The number of hydrogen-bond donors (Lipinski definition) is 0. The second kappa shape index (κ2) is 3.44. The van der Waals surface area contributed by atoms with Crippen LogP contribution in [0, 0.1) is 0 Å². The van der Waals surface area contributed by atoms with Gasteiger partial charge in [-0.1, -0.05) is 26.8 Å². The van der Waals surface area contributed by atoms with Crippen LogP contribution >= 0.6 is 0 Å². The predicted octanol–water partition coefficient (Wildman–Crippen LogP) is 2.23. The van der Waals surface area contributed by atoms with E-state index in [0.717, 1.165) is 10.8 Å². The van der Waals surface area contributed by atoms with Gasteiger partial charge in [0.1, 0.15) is 0 Å². The third-order valence-electron chi connectivity index (χ3n) is 2.81. The predicted molar refractivity (Wildman–Crippen MR) is 65.7 cm³/mol. The summed E-state index contributed by atoms with van der Waals surface area (Å²) >= 11 is 0. The molecule has 2 aromatic rings. The number of aromatic nitrogens is 2. The minimum atomic E-state index is -0.0436.